The number of cyclic esters (lactones) is 1. The highest BCUT2D eigenvalue weighted by atomic mass is 16.6. The van der Waals surface area contributed by atoms with Gasteiger partial charge in [0, 0.05) is 43.4 Å². The van der Waals surface area contributed by atoms with Crippen LogP contribution in [0.15, 0.2) is 16.9 Å². The highest BCUT2D eigenvalue weighted by Gasteiger charge is 2.37. The molecule has 1 aromatic heterocycles. The molecule has 0 aliphatic carbocycles. The summed E-state index contributed by atoms with van der Waals surface area (Å²) in [5, 5.41) is 0. The van der Waals surface area contributed by atoms with Gasteiger partial charge in [0.2, 0.25) is 5.91 Å². The number of piperidine rings is 1. The van der Waals surface area contributed by atoms with Gasteiger partial charge in [0.25, 0.3) is 5.56 Å². The molecule has 0 saturated carbocycles. The van der Waals surface area contributed by atoms with Gasteiger partial charge in [-0.2, -0.15) is 0 Å². The molecule has 2 atom stereocenters. The number of carbonyl (C=O) groups excluding carboxylic acids is 2. The Morgan fingerprint density at radius 2 is 1.90 bits per heavy atom. The average Bonchev–Trinajstić information content (AvgIpc) is 3.36. The standard InChI is InChI=1S/C21H28N4O4/c26-19(14-23-7-8-29-21(23)28)24-10-15-9-17(13-24)18-4-3-16(20(27)25(18)11-15)12-22-5-1-2-6-22/h3-4,15,17H,1-2,5-14H2/t15-,17+/m0/s1. The molecule has 2 amide bonds. The third kappa shape index (κ3) is 3.54. The first kappa shape index (κ1) is 18.7. The minimum Gasteiger partial charge on any atom is -0.448 e. The highest BCUT2D eigenvalue weighted by molar-refractivity contribution is 5.83. The van der Waals surface area contributed by atoms with E-state index in [0.717, 1.165) is 37.3 Å². The fraction of sp³-hybridized carbons (Fsp3) is 0.667. The van der Waals surface area contributed by atoms with Gasteiger partial charge in [0.15, 0.2) is 0 Å². The monoisotopic (exact) mass is 400 g/mol. The zero-order valence-electron chi connectivity index (χ0n) is 16.7. The molecule has 0 spiro atoms. The number of rotatable bonds is 4. The lowest BCUT2D eigenvalue weighted by Gasteiger charge is -2.43. The summed E-state index contributed by atoms with van der Waals surface area (Å²) in [4.78, 5) is 43.2. The van der Waals surface area contributed by atoms with Crippen LogP contribution in [0.1, 0.15) is 36.4 Å². The van der Waals surface area contributed by atoms with Gasteiger partial charge in [0.05, 0.1) is 6.54 Å². The average molecular weight is 400 g/mol. The van der Waals surface area contributed by atoms with Crippen molar-refractivity contribution in [1.29, 1.82) is 0 Å². The van der Waals surface area contributed by atoms with Gasteiger partial charge < -0.3 is 14.2 Å². The van der Waals surface area contributed by atoms with E-state index in [1.54, 1.807) is 0 Å². The normalized spacial score (nSPS) is 26.6. The second kappa shape index (κ2) is 7.48. The number of ether oxygens (including phenoxy) is 1. The summed E-state index contributed by atoms with van der Waals surface area (Å²) in [5.74, 6) is 0.445. The number of amides is 2. The Labute approximate surface area is 170 Å². The Bertz CT molecular complexity index is 876. The maximum Gasteiger partial charge on any atom is 0.410 e. The van der Waals surface area contributed by atoms with E-state index >= 15 is 0 Å². The molecule has 3 fully saturated rings. The van der Waals surface area contributed by atoms with Crippen molar-refractivity contribution in [2.75, 3.05) is 45.9 Å². The molecule has 8 heteroatoms. The quantitative estimate of drug-likeness (QED) is 0.749. The summed E-state index contributed by atoms with van der Waals surface area (Å²) in [5.41, 5.74) is 2.08. The van der Waals surface area contributed by atoms with Crippen LogP contribution in [0.25, 0.3) is 0 Å². The van der Waals surface area contributed by atoms with Gasteiger partial charge in [-0.25, -0.2) is 4.79 Å². The van der Waals surface area contributed by atoms with Crippen LogP contribution in [-0.4, -0.2) is 77.1 Å². The first-order valence-corrected chi connectivity index (χ1v) is 10.7. The largest absolute Gasteiger partial charge is 0.448 e. The maximum absolute atomic E-state index is 13.1. The van der Waals surface area contributed by atoms with Crippen molar-refractivity contribution in [2.24, 2.45) is 5.92 Å². The molecule has 3 saturated heterocycles. The van der Waals surface area contributed by atoms with Crippen LogP contribution in [0.2, 0.25) is 0 Å². The lowest BCUT2D eigenvalue weighted by atomic mass is 9.83. The summed E-state index contributed by atoms with van der Waals surface area (Å²) >= 11 is 0. The number of carbonyl (C=O) groups is 2. The van der Waals surface area contributed by atoms with Crippen molar-refractivity contribution >= 4 is 12.0 Å². The summed E-state index contributed by atoms with van der Waals surface area (Å²) < 4.78 is 6.88. The molecular formula is C21H28N4O4. The molecule has 4 aliphatic heterocycles. The van der Waals surface area contributed by atoms with E-state index in [0.29, 0.717) is 32.8 Å². The number of hydrogen-bond acceptors (Lipinski definition) is 5. The van der Waals surface area contributed by atoms with Gasteiger partial charge >= 0.3 is 6.09 Å². The fourth-order valence-corrected chi connectivity index (χ4v) is 5.33. The van der Waals surface area contributed by atoms with Crippen LogP contribution in [0, 0.1) is 5.92 Å². The molecule has 0 radical (unpaired) electrons. The first-order valence-electron chi connectivity index (χ1n) is 10.7. The van der Waals surface area contributed by atoms with Crippen LogP contribution in [0.3, 0.4) is 0 Å². The Hall–Kier alpha value is -2.35. The van der Waals surface area contributed by atoms with E-state index in [-0.39, 0.29) is 29.8 Å². The molecule has 0 aromatic carbocycles. The van der Waals surface area contributed by atoms with Crippen molar-refractivity contribution in [3.8, 4) is 0 Å². The van der Waals surface area contributed by atoms with Gasteiger partial charge in [0.1, 0.15) is 13.2 Å². The second-order valence-corrected chi connectivity index (χ2v) is 8.82. The van der Waals surface area contributed by atoms with Gasteiger partial charge in [-0.05, 0) is 44.3 Å². The molecule has 156 valence electrons. The van der Waals surface area contributed by atoms with Gasteiger partial charge in [-0.1, -0.05) is 6.07 Å². The minimum absolute atomic E-state index is 0.0278. The van der Waals surface area contributed by atoms with E-state index < -0.39 is 6.09 Å². The Balaban J connectivity index is 1.31. The molecule has 29 heavy (non-hydrogen) atoms. The summed E-state index contributed by atoms with van der Waals surface area (Å²) in [6.45, 7) is 5.75. The number of likely N-dealkylation sites (tertiary alicyclic amines) is 2. The molecule has 5 rings (SSSR count). The van der Waals surface area contributed by atoms with Crippen LogP contribution >= 0.6 is 0 Å². The number of nitrogens with zero attached hydrogens (tertiary/aromatic N) is 4. The van der Waals surface area contributed by atoms with Crippen molar-refractivity contribution < 1.29 is 14.3 Å². The van der Waals surface area contributed by atoms with Crippen molar-refractivity contribution in [3.63, 3.8) is 0 Å². The highest BCUT2D eigenvalue weighted by Crippen LogP contribution is 2.35. The summed E-state index contributed by atoms with van der Waals surface area (Å²) in [6, 6.07) is 4.09. The Morgan fingerprint density at radius 3 is 2.66 bits per heavy atom. The number of aromatic nitrogens is 1. The lowest BCUT2D eigenvalue weighted by Crippen LogP contribution is -2.51. The van der Waals surface area contributed by atoms with Crippen molar-refractivity contribution in [1.82, 2.24) is 19.3 Å². The van der Waals surface area contributed by atoms with Crippen molar-refractivity contribution in [2.45, 2.75) is 38.3 Å². The van der Waals surface area contributed by atoms with Crippen LogP contribution < -0.4 is 5.56 Å². The number of fused-ring (bicyclic) bond motifs is 4. The third-order valence-electron chi connectivity index (χ3n) is 6.80. The molecule has 2 bridgehead atoms. The Kier molecular flexibility index (Phi) is 4.81. The van der Waals surface area contributed by atoms with Crippen LogP contribution in [-0.2, 0) is 22.6 Å². The summed E-state index contributed by atoms with van der Waals surface area (Å²) in [7, 11) is 0. The van der Waals surface area contributed by atoms with E-state index in [4.69, 9.17) is 4.74 Å². The van der Waals surface area contributed by atoms with E-state index in [1.807, 2.05) is 15.5 Å². The first-order chi connectivity index (χ1) is 14.1. The van der Waals surface area contributed by atoms with Crippen LogP contribution in [0.5, 0.6) is 0 Å². The third-order valence-corrected chi connectivity index (χ3v) is 6.80. The SMILES string of the molecule is O=C(CN1CCOC1=O)N1C[C@@H]2C[C@H](C1)c1ccc(CN3CCCC3)c(=O)n1C2. The minimum atomic E-state index is -0.405. The Morgan fingerprint density at radius 1 is 1.07 bits per heavy atom. The zero-order chi connectivity index (χ0) is 20.0. The topological polar surface area (TPSA) is 75.1 Å². The van der Waals surface area contributed by atoms with E-state index in [2.05, 4.69) is 11.0 Å². The lowest BCUT2D eigenvalue weighted by molar-refractivity contribution is -0.134. The zero-order valence-corrected chi connectivity index (χ0v) is 16.7. The summed E-state index contributed by atoms with van der Waals surface area (Å²) in [6.07, 6.45) is 3.05. The molecule has 8 nitrogen and oxygen atoms in total. The number of pyridine rings is 1. The van der Waals surface area contributed by atoms with Crippen molar-refractivity contribution in [3.05, 3.63) is 33.7 Å². The second-order valence-electron chi connectivity index (χ2n) is 8.82. The molecule has 4 aliphatic rings. The smallest absolute Gasteiger partial charge is 0.410 e. The fourth-order valence-electron chi connectivity index (χ4n) is 5.33. The molecular weight excluding hydrogens is 372 g/mol. The van der Waals surface area contributed by atoms with E-state index in [9.17, 15) is 14.4 Å². The van der Waals surface area contributed by atoms with Crippen LogP contribution in [0.4, 0.5) is 4.79 Å². The predicted molar refractivity (Wildman–Crippen MR) is 106 cm³/mol. The molecule has 0 unspecified atom stereocenters. The number of hydrogen-bond donors (Lipinski definition) is 0. The predicted octanol–water partition coefficient (Wildman–Crippen LogP) is 0.842. The molecule has 5 heterocycles. The van der Waals surface area contributed by atoms with Gasteiger partial charge in [-0.15, -0.1) is 0 Å². The molecule has 1 aromatic rings. The van der Waals surface area contributed by atoms with Gasteiger partial charge in [-0.3, -0.25) is 19.4 Å². The van der Waals surface area contributed by atoms with E-state index in [1.165, 1.54) is 17.7 Å². The maximum atomic E-state index is 13.1. The molecule has 0 N–H and O–H groups in total.